The van der Waals surface area contributed by atoms with E-state index in [1.807, 2.05) is 0 Å². The van der Waals surface area contributed by atoms with Gasteiger partial charge < -0.3 is 15.0 Å². The number of ether oxygens (including phenoxy) is 1. The number of amides is 1. The number of aromatic nitrogens is 1. The first-order chi connectivity index (χ1) is 10.1. The van der Waals surface area contributed by atoms with E-state index in [0.717, 1.165) is 0 Å². The zero-order valence-electron chi connectivity index (χ0n) is 11.4. The van der Waals surface area contributed by atoms with E-state index < -0.39 is 5.97 Å². The lowest BCUT2D eigenvalue weighted by molar-refractivity contribution is -0.114. The van der Waals surface area contributed by atoms with Crippen molar-refractivity contribution in [3.63, 3.8) is 0 Å². The maximum absolute atomic E-state index is 11.8. The molecular formula is C15H14N2O4. The lowest BCUT2D eigenvalue weighted by Crippen LogP contribution is -2.14. The summed E-state index contributed by atoms with van der Waals surface area (Å²) in [6.45, 7) is 1.07. The highest BCUT2D eigenvalue weighted by atomic mass is 16.5. The van der Waals surface area contributed by atoms with Gasteiger partial charge in [-0.05, 0) is 36.4 Å². The summed E-state index contributed by atoms with van der Waals surface area (Å²) in [6, 6.07) is 9.52. The molecule has 0 aliphatic rings. The van der Waals surface area contributed by atoms with Crippen molar-refractivity contribution in [1.29, 1.82) is 0 Å². The molecule has 1 aromatic carbocycles. The van der Waals surface area contributed by atoms with Gasteiger partial charge in [0.2, 0.25) is 11.7 Å². The Hall–Kier alpha value is -2.89. The SMILES string of the molecule is CC(=O)Nc1ccc(C(=O)OCC(=O)c2ccc[nH]2)cc1. The first-order valence-corrected chi connectivity index (χ1v) is 6.27. The Morgan fingerprint density at radius 1 is 1.14 bits per heavy atom. The summed E-state index contributed by atoms with van der Waals surface area (Å²) in [5.74, 6) is -1.09. The lowest BCUT2D eigenvalue weighted by atomic mass is 10.2. The predicted octanol–water partition coefficient (Wildman–Crippen LogP) is 2.01. The second-order valence-corrected chi connectivity index (χ2v) is 4.34. The maximum atomic E-state index is 11.8. The molecule has 6 nitrogen and oxygen atoms in total. The molecule has 0 bridgehead atoms. The van der Waals surface area contributed by atoms with Crippen LogP contribution in [-0.2, 0) is 9.53 Å². The Kier molecular flexibility index (Phi) is 4.50. The normalized spacial score (nSPS) is 9.95. The monoisotopic (exact) mass is 286 g/mol. The highest BCUT2D eigenvalue weighted by Gasteiger charge is 2.12. The number of carbonyl (C=O) groups is 3. The van der Waals surface area contributed by atoms with Crippen molar-refractivity contribution in [2.24, 2.45) is 0 Å². The minimum atomic E-state index is -0.593. The summed E-state index contributed by atoms with van der Waals surface area (Å²) in [6.07, 6.45) is 1.62. The summed E-state index contributed by atoms with van der Waals surface area (Å²) in [7, 11) is 0. The number of benzene rings is 1. The van der Waals surface area contributed by atoms with Crippen molar-refractivity contribution in [1.82, 2.24) is 4.98 Å². The third-order valence-corrected chi connectivity index (χ3v) is 2.67. The molecule has 1 heterocycles. The van der Waals surface area contributed by atoms with Crippen molar-refractivity contribution in [3.8, 4) is 0 Å². The third kappa shape index (κ3) is 4.04. The van der Waals surface area contributed by atoms with Gasteiger partial charge in [-0.1, -0.05) is 0 Å². The van der Waals surface area contributed by atoms with Crippen LogP contribution in [0.5, 0.6) is 0 Å². The number of hydrogen-bond acceptors (Lipinski definition) is 4. The topological polar surface area (TPSA) is 88.3 Å². The molecular weight excluding hydrogens is 272 g/mol. The van der Waals surface area contributed by atoms with Crippen LogP contribution >= 0.6 is 0 Å². The number of nitrogens with one attached hydrogen (secondary N) is 2. The largest absolute Gasteiger partial charge is 0.454 e. The number of ketones is 1. The van der Waals surface area contributed by atoms with Crippen molar-refractivity contribution in [3.05, 3.63) is 53.9 Å². The summed E-state index contributed by atoms with van der Waals surface area (Å²) in [5, 5.41) is 2.59. The van der Waals surface area contributed by atoms with Gasteiger partial charge in [0, 0.05) is 18.8 Å². The van der Waals surface area contributed by atoms with Crippen LogP contribution in [0.1, 0.15) is 27.8 Å². The predicted molar refractivity (Wildman–Crippen MR) is 76.2 cm³/mol. The molecule has 0 fully saturated rings. The fraction of sp³-hybridized carbons (Fsp3) is 0.133. The third-order valence-electron chi connectivity index (χ3n) is 2.67. The molecule has 0 saturated heterocycles. The summed E-state index contributed by atoms with van der Waals surface area (Å²) in [4.78, 5) is 37.1. The summed E-state index contributed by atoms with van der Waals surface area (Å²) < 4.78 is 4.94. The van der Waals surface area contributed by atoms with E-state index in [9.17, 15) is 14.4 Å². The van der Waals surface area contributed by atoms with E-state index >= 15 is 0 Å². The molecule has 0 unspecified atom stereocenters. The van der Waals surface area contributed by atoms with Crippen molar-refractivity contribution in [2.75, 3.05) is 11.9 Å². The zero-order valence-corrected chi connectivity index (χ0v) is 11.4. The number of anilines is 1. The molecule has 0 aliphatic carbocycles. The van der Waals surface area contributed by atoms with Gasteiger partial charge in [0.15, 0.2) is 6.61 Å². The van der Waals surface area contributed by atoms with Crippen LogP contribution in [0.2, 0.25) is 0 Å². The first kappa shape index (κ1) is 14.5. The Morgan fingerprint density at radius 2 is 1.86 bits per heavy atom. The van der Waals surface area contributed by atoms with Gasteiger partial charge in [-0.2, -0.15) is 0 Å². The van der Waals surface area contributed by atoms with E-state index in [1.165, 1.54) is 19.1 Å². The Balaban J connectivity index is 1.91. The van der Waals surface area contributed by atoms with E-state index in [4.69, 9.17) is 4.74 Å². The quantitative estimate of drug-likeness (QED) is 0.650. The molecule has 0 atom stereocenters. The average Bonchev–Trinajstić information content (AvgIpc) is 2.99. The lowest BCUT2D eigenvalue weighted by Gasteiger charge is -2.05. The van der Waals surface area contributed by atoms with Gasteiger partial charge in [-0.3, -0.25) is 9.59 Å². The Labute approximate surface area is 121 Å². The van der Waals surface area contributed by atoms with Crippen LogP contribution in [-0.4, -0.2) is 29.3 Å². The van der Waals surface area contributed by atoms with Gasteiger partial charge in [0.1, 0.15) is 0 Å². The van der Waals surface area contributed by atoms with E-state index in [1.54, 1.807) is 30.5 Å². The standard InChI is InChI=1S/C15H14N2O4/c1-10(18)17-12-6-4-11(5-7-12)15(20)21-9-14(19)13-3-2-8-16-13/h2-8,16H,9H2,1H3,(H,17,18). The minimum absolute atomic E-state index is 0.193. The van der Waals surface area contributed by atoms with Crippen LogP contribution < -0.4 is 5.32 Å². The van der Waals surface area contributed by atoms with Crippen molar-refractivity contribution >= 4 is 23.3 Å². The maximum Gasteiger partial charge on any atom is 0.338 e. The van der Waals surface area contributed by atoms with E-state index in [0.29, 0.717) is 16.9 Å². The van der Waals surface area contributed by atoms with Gasteiger partial charge >= 0.3 is 5.97 Å². The average molecular weight is 286 g/mol. The van der Waals surface area contributed by atoms with Crippen LogP contribution in [0.15, 0.2) is 42.6 Å². The number of esters is 1. The molecule has 1 aromatic heterocycles. The van der Waals surface area contributed by atoms with Crippen molar-refractivity contribution in [2.45, 2.75) is 6.92 Å². The smallest absolute Gasteiger partial charge is 0.338 e. The van der Waals surface area contributed by atoms with E-state index in [-0.39, 0.29) is 18.3 Å². The minimum Gasteiger partial charge on any atom is -0.454 e. The Morgan fingerprint density at radius 3 is 2.43 bits per heavy atom. The van der Waals surface area contributed by atoms with Crippen LogP contribution in [0, 0.1) is 0 Å². The molecule has 0 aliphatic heterocycles. The second-order valence-electron chi connectivity index (χ2n) is 4.34. The number of H-pyrrole nitrogens is 1. The van der Waals surface area contributed by atoms with Crippen molar-refractivity contribution < 1.29 is 19.1 Å². The second kappa shape index (κ2) is 6.51. The zero-order chi connectivity index (χ0) is 15.2. The van der Waals surface area contributed by atoms with Gasteiger partial charge in [0.25, 0.3) is 0 Å². The fourth-order valence-electron chi connectivity index (χ4n) is 1.69. The molecule has 1 amide bonds. The van der Waals surface area contributed by atoms with Crippen LogP contribution in [0.4, 0.5) is 5.69 Å². The fourth-order valence-corrected chi connectivity index (χ4v) is 1.69. The van der Waals surface area contributed by atoms with E-state index in [2.05, 4.69) is 10.3 Å². The number of aromatic amines is 1. The number of hydrogen-bond donors (Lipinski definition) is 2. The summed E-state index contributed by atoms with van der Waals surface area (Å²) in [5.41, 5.74) is 1.29. The van der Waals surface area contributed by atoms with Gasteiger partial charge in [-0.25, -0.2) is 4.79 Å². The van der Waals surface area contributed by atoms with Crippen LogP contribution in [0.25, 0.3) is 0 Å². The van der Waals surface area contributed by atoms with Gasteiger partial charge in [-0.15, -0.1) is 0 Å². The molecule has 2 aromatic rings. The van der Waals surface area contributed by atoms with Gasteiger partial charge in [0.05, 0.1) is 11.3 Å². The highest BCUT2D eigenvalue weighted by Crippen LogP contribution is 2.10. The Bertz CT molecular complexity index is 645. The number of rotatable bonds is 5. The molecule has 108 valence electrons. The summed E-state index contributed by atoms with van der Waals surface area (Å²) >= 11 is 0. The molecule has 6 heteroatoms. The molecule has 21 heavy (non-hydrogen) atoms. The molecule has 2 rings (SSSR count). The molecule has 0 spiro atoms. The van der Waals surface area contributed by atoms with Crippen LogP contribution in [0.3, 0.4) is 0 Å². The molecule has 2 N–H and O–H groups in total. The highest BCUT2D eigenvalue weighted by molar-refractivity contribution is 5.98. The number of carbonyl (C=O) groups excluding carboxylic acids is 3. The first-order valence-electron chi connectivity index (χ1n) is 6.27. The number of Topliss-reactive ketones (excluding diaryl/α,β-unsaturated/α-hetero) is 1. The molecule has 0 radical (unpaired) electrons. The molecule has 0 saturated carbocycles.